The van der Waals surface area contributed by atoms with Crippen molar-refractivity contribution in [2.45, 2.75) is 11.3 Å². The summed E-state index contributed by atoms with van der Waals surface area (Å²) in [6, 6.07) is 5.88. The maximum atomic E-state index is 12.0. The first-order chi connectivity index (χ1) is 8.53. The van der Waals surface area contributed by atoms with Gasteiger partial charge in [-0.3, -0.25) is 0 Å². The number of esters is 1. The second kappa shape index (κ2) is 6.48. The van der Waals surface area contributed by atoms with Gasteiger partial charge in [-0.05, 0) is 25.1 Å². The normalized spacial score (nSPS) is 11.2. The van der Waals surface area contributed by atoms with E-state index >= 15 is 0 Å². The summed E-state index contributed by atoms with van der Waals surface area (Å²) in [6.45, 7) is 0.621. The first-order valence-electron chi connectivity index (χ1n) is 5.40. The second-order valence-electron chi connectivity index (χ2n) is 3.53. The van der Waals surface area contributed by atoms with Crippen molar-refractivity contribution >= 4 is 16.0 Å². The van der Waals surface area contributed by atoms with Gasteiger partial charge >= 0.3 is 5.97 Å². The summed E-state index contributed by atoms with van der Waals surface area (Å²) in [6.07, 6.45) is 0.527. The second-order valence-corrected chi connectivity index (χ2v) is 5.26. The Balaban J connectivity index is 3.05. The van der Waals surface area contributed by atoms with Crippen LogP contribution in [0.5, 0.6) is 0 Å². The van der Waals surface area contributed by atoms with Crippen molar-refractivity contribution in [3.63, 3.8) is 0 Å². The molecule has 0 atom stereocenters. The minimum absolute atomic E-state index is 0.0141. The molecule has 0 heterocycles. The molecule has 0 amide bonds. The maximum Gasteiger partial charge on any atom is 0.339 e. The number of sulfonamides is 1. The van der Waals surface area contributed by atoms with E-state index in [0.717, 1.165) is 0 Å². The Morgan fingerprint density at radius 2 is 2.06 bits per heavy atom. The average molecular weight is 272 g/mol. The molecule has 0 bridgehead atoms. The van der Waals surface area contributed by atoms with E-state index in [9.17, 15) is 13.2 Å². The number of nitrogens with two attached hydrogens (primary N) is 1. The highest BCUT2D eigenvalue weighted by atomic mass is 32.2. The molecule has 1 aromatic rings. The van der Waals surface area contributed by atoms with Crippen molar-refractivity contribution < 1.29 is 17.9 Å². The summed E-state index contributed by atoms with van der Waals surface area (Å²) in [4.78, 5) is 11.4. The summed E-state index contributed by atoms with van der Waals surface area (Å²) in [5, 5.41) is 0. The molecule has 1 aromatic carbocycles. The minimum atomic E-state index is -3.72. The molecule has 0 aliphatic heterocycles. The zero-order valence-electron chi connectivity index (χ0n) is 10.0. The molecule has 0 fully saturated rings. The quantitative estimate of drug-likeness (QED) is 0.565. The lowest BCUT2D eigenvalue weighted by Crippen LogP contribution is -2.27. The van der Waals surface area contributed by atoms with Crippen molar-refractivity contribution in [2.24, 2.45) is 5.73 Å². The van der Waals surface area contributed by atoms with Crippen LogP contribution in [-0.2, 0) is 14.8 Å². The fourth-order valence-corrected chi connectivity index (χ4v) is 2.63. The SMILES string of the molecule is COC(=O)c1ccccc1S(=O)(=O)NCCCN. The number of hydrogen-bond acceptors (Lipinski definition) is 5. The van der Waals surface area contributed by atoms with Gasteiger partial charge in [0.1, 0.15) is 0 Å². The number of methoxy groups -OCH3 is 1. The number of hydrogen-bond donors (Lipinski definition) is 2. The van der Waals surface area contributed by atoms with Crippen LogP contribution in [0.3, 0.4) is 0 Å². The van der Waals surface area contributed by atoms with Crippen LogP contribution in [-0.4, -0.2) is 34.6 Å². The van der Waals surface area contributed by atoms with Gasteiger partial charge in [0.25, 0.3) is 0 Å². The molecule has 0 radical (unpaired) electrons. The summed E-state index contributed by atoms with van der Waals surface area (Å²) in [5.74, 6) is -0.685. The Hall–Kier alpha value is -1.44. The van der Waals surface area contributed by atoms with Crippen molar-refractivity contribution in [3.8, 4) is 0 Å². The summed E-state index contributed by atoms with van der Waals surface area (Å²) < 4.78 is 30.9. The van der Waals surface area contributed by atoms with Crippen molar-refractivity contribution in [2.75, 3.05) is 20.2 Å². The highest BCUT2D eigenvalue weighted by Gasteiger charge is 2.21. The van der Waals surface area contributed by atoms with Crippen LogP contribution in [0.1, 0.15) is 16.8 Å². The Bertz CT molecular complexity index is 514. The van der Waals surface area contributed by atoms with Gasteiger partial charge in [-0.2, -0.15) is 0 Å². The van der Waals surface area contributed by atoms with E-state index in [0.29, 0.717) is 13.0 Å². The molecule has 3 N–H and O–H groups in total. The van der Waals surface area contributed by atoms with Gasteiger partial charge < -0.3 is 10.5 Å². The van der Waals surface area contributed by atoms with Gasteiger partial charge in [0.15, 0.2) is 0 Å². The third-order valence-electron chi connectivity index (χ3n) is 2.25. The van der Waals surface area contributed by atoms with Crippen molar-refractivity contribution in [3.05, 3.63) is 29.8 Å². The van der Waals surface area contributed by atoms with Gasteiger partial charge in [0, 0.05) is 6.54 Å². The summed E-state index contributed by atoms with van der Waals surface area (Å²) in [5.41, 5.74) is 5.30. The van der Waals surface area contributed by atoms with Gasteiger partial charge in [0.05, 0.1) is 17.6 Å². The molecule has 0 aliphatic carbocycles. The van der Waals surface area contributed by atoms with Crippen LogP contribution in [0.2, 0.25) is 0 Å². The molecule has 0 spiro atoms. The molecule has 0 saturated heterocycles. The Kier molecular flexibility index (Phi) is 5.26. The predicted molar refractivity (Wildman–Crippen MR) is 66.6 cm³/mol. The predicted octanol–water partition coefficient (Wildman–Crippen LogP) is 0.100. The number of rotatable bonds is 6. The van der Waals surface area contributed by atoms with Crippen LogP contribution in [0.15, 0.2) is 29.2 Å². The standard InChI is InChI=1S/C11H16N2O4S/c1-17-11(14)9-5-2-3-6-10(9)18(15,16)13-8-4-7-12/h2-3,5-6,13H,4,7-8,12H2,1H3. The lowest BCUT2D eigenvalue weighted by atomic mass is 10.2. The molecule has 0 unspecified atom stereocenters. The molecule has 100 valence electrons. The van der Waals surface area contributed by atoms with Crippen molar-refractivity contribution in [1.82, 2.24) is 4.72 Å². The molecule has 6 nitrogen and oxygen atoms in total. The molecule has 18 heavy (non-hydrogen) atoms. The van der Waals surface area contributed by atoms with E-state index in [1.807, 2.05) is 0 Å². The van der Waals surface area contributed by atoms with E-state index in [-0.39, 0.29) is 17.0 Å². The minimum Gasteiger partial charge on any atom is -0.465 e. The zero-order valence-corrected chi connectivity index (χ0v) is 10.9. The van der Waals surface area contributed by atoms with Crippen LogP contribution in [0.25, 0.3) is 0 Å². The molecule has 1 rings (SSSR count). The number of benzene rings is 1. The van der Waals surface area contributed by atoms with Gasteiger partial charge in [0.2, 0.25) is 10.0 Å². The van der Waals surface area contributed by atoms with E-state index in [2.05, 4.69) is 9.46 Å². The number of carbonyl (C=O) groups is 1. The fourth-order valence-electron chi connectivity index (χ4n) is 1.37. The van der Waals surface area contributed by atoms with Gasteiger partial charge in [-0.25, -0.2) is 17.9 Å². The van der Waals surface area contributed by atoms with E-state index in [4.69, 9.17) is 5.73 Å². The van der Waals surface area contributed by atoms with Crippen LogP contribution < -0.4 is 10.5 Å². The Morgan fingerprint density at radius 1 is 1.39 bits per heavy atom. The first kappa shape index (κ1) is 14.6. The lowest BCUT2D eigenvalue weighted by molar-refractivity contribution is 0.0596. The van der Waals surface area contributed by atoms with Crippen LogP contribution >= 0.6 is 0 Å². The molecular weight excluding hydrogens is 256 g/mol. The highest BCUT2D eigenvalue weighted by molar-refractivity contribution is 7.89. The largest absolute Gasteiger partial charge is 0.465 e. The molecule has 0 saturated carbocycles. The fraction of sp³-hybridized carbons (Fsp3) is 0.364. The average Bonchev–Trinajstić information content (AvgIpc) is 2.38. The molecule has 7 heteroatoms. The molecule has 0 aromatic heterocycles. The highest BCUT2D eigenvalue weighted by Crippen LogP contribution is 2.16. The Labute approximate surface area is 106 Å². The summed E-state index contributed by atoms with van der Waals surface area (Å²) in [7, 11) is -2.52. The number of ether oxygens (including phenoxy) is 1. The van der Waals surface area contributed by atoms with Crippen LogP contribution in [0, 0.1) is 0 Å². The zero-order chi connectivity index (χ0) is 13.6. The Morgan fingerprint density at radius 3 is 2.67 bits per heavy atom. The third kappa shape index (κ3) is 3.52. The maximum absolute atomic E-state index is 12.0. The smallest absolute Gasteiger partial charge is 0.339 e. The number of nitrogens with one attached hydrogen (secondary N) is 1. The van der Waals surface area contributed by atoms with E-state index in [1.165, 1.54) is 19.2 Å². The van der Waals surface area contributed by atoms with Crippen molar-refractivity contribution in [1.29, 1.82) is 0 Å². The topological polar surface area (TPSA) is 98.5 Å². The number of carbonyl (C=O) groups excluding carboxylic acids is 1. The third-order valence-corrected chi connectivity index (χ3v) is 3.77. The first-order valence-corrected chi connectivity index (χ1v) is 6.88. The molecular formula is C11H16N2O4S. The summed E-state index contributed by atoms with van der Waals surface area (Å²) >= 11 is 0. The van der Waals surface area contributed by atoms with Crippen LogP contribution in [0.4, 0.5) is 0 Å². The van der Waals surface area contributed by atoms with Gasteiger partial charge in [-0.15, -0.1) is 0 Å². The lowest BCUT2D eigenvalue weighted by Gasteiger charge is -2.09. The van der Waals surface area contributed by atoms with E-state index in [1.54, 1.807) is 12.1 Å². The van der Waals surface area contributed by atoms with E-state index < -0.39 is 16.0 Å². The van der Waals surface area contributed by atoms with Gasteiger partial charge in [-0.1, -0.05) is 12.1 Å². The monoisotopic (exact) mass is 272 g/mol. The molecule has 0 aliphatic rings.